The molecule has 1 amide bonds. The maximum absolute atomic E-state index is 12.3. The van der Waals surface area contributed by atoms with E-state index in [1.807, 2.05) is 30.3 Å². The molecule has 1 N–H and O–H groups in total. The number of ketones is 1. The Hall–Kier alpha value is -2.20. The Bertz CT molecular complexity index is 780. The summed E-state index contributed by atoms with van der Waals surface area (Å²) in [7, 11) is 0. The van der Waals surface area contributed by atoms with Crippen LogP contribution in [0.4, 0.5) is 5.69 Å². The molecule has 0 atom stereocenters. The minimum absolute atomic E-state index is 0.0288. The van der Waals surface area contributed by atoms with Crippen molar-refractivity contribution < 1.29 is 9.59 Å². The van der Waals surface area contributed by atoms with Crippen molar-refractivity contribution in [2.45, 2.75) is 12.8 Å². The van der Waals surface area contributed by atoms with Crippen LogP contribution in [0.2, 0.25) is 0 Å². The fourth-order valence-electron chi connectivity index (χ4n) is 2.42. The number of amides is 1. The topological polar surface area (TPSA) is 46.2 Å². The van der Waals surface area contributed by atoms with Crippen LogP contribution in [0.5, 0.6) is 0 Å². The highest BCUT2D eigenvalue weighted by Gasteiger charge is 2.15. The second-order valence-electron chi connectivity index (χ2n) is 5.17. The Labute approximate surface area is 137 Å². The lowest BCUT2D eigenvalue weighted by Crippen LogP contribution is -2.19. The van der Waals surface area contributed by atoms with Crippen molar-refractivity contribution in [3.63, 3.8) is 0 Å². The third-order valence-electron chi connectivity index (χ3n) is 3.56. The molecule has 2 aromatic carbocycles. The lowest BCUT2D eigenvalue weighted by molar-refractivity contribution is -0.116. The Morgan fingerprint density at radius 1 is 1.14 bits per heavy atom. The van der Waals surface area contributed by atoms with Gasteiger partial charge in [0.25, 0.3) is 0 Å². The molecule has 0 spiro atoms. The SMILES string of the molecule is O=C1CCc2cc(C(=O)/C=C/c3cccc(Br)c3)ccc2N1. The predicted octanol–water partition coefficient (Wildman–Crippen LogP) is 4.23. The molecule has 0 saturated heterocycles. The molecule has 3 rings (SSSR count). The van der Waals surface area contributed by atoms with E-state index in [9.17, 15) is 9.59 Å². The second-order valence-corrected chi connectivity index (χ2v) is 6.09. The molecule has 0 unspecified atom stereocenters. The summed E-state index contributed by atoms with van der Waals surface area (Å²) in [5.41, 5.74) is 3.43. The third-order valence-corrected chi connectivity index (χ3v) is 4.05. The first-order chi connectivity index (χ1) is 10.6. The number of aryl methyl sites for hydroxylation is 1. The number of nitrogens with one attached hydrogen (secondary N) is 1. The number of allylic oxidation sites excluding steroid dienone is 1. The van der Waals surface area contributed by atoms with Gasteiger partial charge in [-0.05, 0) is 54.0 Å². The van der Waals surface area contributed by atoms with Gasteiger partial charge in [0.2, 0.25) is 5.91 Å². The monoisotopic (exact) mass is 355 g/mol. The van der Waals surface area contributed by atoms with E-state index in [-0.39, 0.29) is 11.7 Å². The molecular weight excluding hydrogens is 342 g/mol. The van der Waals surface area contributed by atoms with Gasteiger partial charge in [0, 0.05) is 22.1 Å². The summed E-state index contributed by atoms with van der Waals surface area (Å²) >= 11 is 3.41. The maximum atomic E-state index is 12.3. The molecule has 3 nitrogen and oxygen atoms in total. The number of rotatable bonds is 3. The highest BCUT2D eigenvalue weighted by molar-refractivity contribution is 9.10. The van der Waals surface area contributed by atoms with Gasteiger partial charge < -0.3 is 5.32 Å². The fourth-order valence-corrected chi connectivity index (χ4v) is 2.83. The normalized spacial score (nSPS) is 13.8. The van der Waals surface area contributed by atoms with E-state index in [1.165, 1.54) is 0 Å². The summed E-state index contributed by atoms with van der Waals surface area (Å²) in [4.78, 5) is 23.6. The van der Waals surface area contributed by atoms with Crippen molar-refractivity contribution >= 4 is 39.4 Å². The first-order valence-corrected chi connectivity index (χ1v) is 7.82. The first-order valence-electron chi connectivity index (χ1n) is 7.02. The lowest BCUT2D eigenvalue weighted by Gasteiger charge is -2.16. The smallest absolute Gasteiger partial charge is 0.224 e. The molecule has 0 aromatic heterocycles. The number of carbonyl (C=O) groups excluding carboxylic acids is 2. The van der Waals surface area contributed by atoms with Crippen molar-refractivity contribution in [2.75, 3.05) is 5.32 Å². The van der Waals surface area contributed by atoms with Crippen LogP contribution in [0.25, 0.3) is 6.08 Å². The van der Waals surface area contributed by atoms with Crippen LogP contribution in [0.3, 0.4) is 0 Å². The average Bonchev–Trinajstić information content (AvgIpc) is 2.52. The van der Waals surface area contributed by atoms with E-state index in [0.29, 0.717) is 18.4 Å². The molecule has 1 heterocycles. The zero-order valence-corrected chi connectivity index (χ0v) is 13.4. The molecule has 2 aromatic rings. The van der Waals surface area contributed by atoms with Crippen LogP contribution in [0, 0.1) is 0 Å². The molecular formula is C18H14BrNO2. The van der Waals surface area contributed by atoms with Crippen molar-refractivity contribution in [1.82, 2.24) is 0 Å². The Balaban J connectivity index is 1.79. The van der Waals surface area contributed by atoms with Gasteiger partial charge in [-0.2, -0.15) is 0 Å². The van der Waals surface area contributed by atoms with E-state index in [1.54, 1.807) is 24.3 Å². The zero-order chi connectivity index (χ0) is 15.5. The van der Waals surface area contributed by atoms with Crippen LogP contribution in [0.15, 0.2) is 53.0 Å². The summed E-state index contributed by atoms with van der Waals surface area (Å²) in [6.07, 6.45) is 4.52. The molecule has 1 aliphatic heterocycles. The van der Waals surface area contributed by atoms with Gasteiger partial charge in [0.1, 0.15) is 0 Å². The fraction of sp³-hybridized carbons (Fsp3) is 0.111. The summed E-state index contributed by atoms with van der Waals surface area (Å²) in [6, 6.07) is 13.2. The molecule has 0 radical (unpaired) electrons. The van der Waals surface area contributed by atoms with Crippen LogP contribution in [-0.2, 0) is 11.2 Å². The number of hydrogen-bond donors (Lipinski definition) is 1. The van der Waals surface area contributed by atoms with Gasteiger partial charge in [0.15, 0.2) is 5.78 Å². The number of carbonyl (C=O) groups is 2. The van der Waals surface area contributed by atoms with Crippen molar-refractivity contribution in [3.05, 3.63) is 69.7 Å². The summed E-state index contributed by atoms with van der Waals surface area (Å²) < 4.78 is 0.978. The first kappa shape index (κ1) is 14.7. The minimum Gasteiger partial charge on any atom is -0.326 e. The van der Waals surface area contributed by atoms with Gasteiger partial charge in [-0.15, -0.1) is 0 Å². The molecule has 4 heteroatoms. The quantitative estimate of drug-likeness (QED) is 0.661. The Morgan fingerprint density at radius 3 is 2.82 bits per heavy atom. The third kappa shape index (κ3) is 3.34. The summed E-state index contributed by atoms with van der Waals surface area (Å²) in [5.74, 6) is -0.0131. The molecule has 1 aliphatic rings. The van der Waals surface area contributed by atoms with Gasteiger partial charge in [-0.25, -0.2) is 0 Å². The van der Waals surface area contributed by atoms with Gasteiger partial charge in [-0.1, -0.05) is 34.1 Å². The number of halogens is 1. The van der Waals surface area contributed by atoms with E-state index in [2.05, 4.69) is 21.2 Å². The Morgan fingerprint density at radius 2 is 2.00 bits per heavy atom. The number of benzene rings is 2. The summed E-state index contributed by atoms with van der Waals surface area (Å²) in [5, 5.41) is 2.82. The summed E-state index contributed by atoms with van der Waals surface area (Å²) in [6.45, 7) is 0. The zero-order valence-electron chi connectivity index (χ0n) is 11.8. The minimum atomic E-state index is -0.0420. The van der Waals surface area contributed by atoms with Crippen molar-refractivity contribution in [2.24, 2.45) is 0 Å². The largest absolute Gasteiger partial charge is 0.326 e. The molecule has 0 bridgehead atoms. The highest BCUT2D eigenvalue weighted by Crippen LogP contribution is 2.24. The van der Waals surface area contributed by atoms with E-state index < -0.39 is 0 Å². The second kappa shape index (κ2) is 6.28. The molecule has 0 aliphatic carbocycles. The van der Waals surface area contributed by atoms with Gasteiger partial charge in [0.05, 0.1) is 0 Å². The maximum Gasteiger partial charge on any atom is 0.224 e. The Kier molecular flexibility index (Phi) is 4.20. The average molecular weight is 356 g/mol. The van der Waals surface area contributed by atoms with E-state index in [0.717, 1.165) is 21.3 Å². The molecule has 0 fully saturated rings. The number of fused-ring (bicyclic) bond motifs is 1. The number of hydrogen-bond acceptors (Lipinski definition) is 2. The molecule has 110 valence electrons. The standard InChI is InChI=1S/C18H14BrNO2/c19-15-3-1-2-12(10-15)4-8-17(21)14-5-7-16-13(11-14)6-9-18(22)20-16/h1-5,7-8,10-11H,6,9H2,(H,20,22)/b8-4+. The number of anilines is 1. The van der Waals surface area contributed by atoms with Crippen LogP contribution in [-0.4, -0.2) is 11.7 Å². The van der Waals surface area contributed by atoms with Crippen LogP contribution >= 0.6 is 15.9 Å². The van der Waals surface area contributed by atoms with Crippen LogP contribution in [0.1, 0.15) is 27.9 Å². The molecule has 22 heavy (non-hydrogen) atoms. The van der Waals surface area contributed by atoms with E-state index >= 15 is 0 Å². The van der Waals surface area contributed by atoms with Crippen LogP contribution < -0.4 is 5.32 Å². The van der Waals surface area contributed by atoms with Crippen molar-refractivity contribution in [3.8, 4) is 0 Å². The molecule has 0 saturated carbocycles. The van der Waals surface area contributed by atoms with Gasteiger partial charge in [-0.3, -0.25) is 9.59 Å². The van der Waals surface area contributed by atoms with E-state index in [4.69, 9.17) is 0 Å². The van der Waals surface area contributed by atoms with Crippen molar-refractivity contribution in [1.29, 1.82) is 0 Å². The van der Waals surface area contributed by atoms with Gasteiger partial charge >= 0.3 is 0 Å². The highest BCUT2D eigenvalue weighted by atomic mass is 79.9. The lowest BCUT2D eigenvalue weighted by atomic mass is 9.98. The predicted molar refractivity (Wildman–Crippen MR) is 90.9 cm³/mol.